The van der Waals surface area contributed by atoms with Crippen molar-refractivity contribution in [3.05, 3.63) is 53.8 Å². The molecule has 1 unspecified atom stereocenters. The number of methoxy groups -OCH3 is 1. The molecule has 32 heavy (non-hydrogen) atoms. The summed E-state index contributed by atoms with van der Waals surface area (Å²) in [7, 11) is 1.62. The third-order valence-electron chi connectivity index (χ3n) is 5.21. The number of nitrogens with one attached hydrogen (secondary N) is 2. The van der Waals surface area contributed by atoms with E-state index in [1.807, 2.05) is 38.1 Å². The van der Waals surface area contributed by atoms with Crippen LogP contribution < -0.4 is 20.1 Å². The highest BCUT2D eigenvalue weighted by molar-refractivity contribution is 5.94. The number of benzene rings is 2. The number of guanidine groups is 1. The van der Waals surface area contributed by atoms with E-state index < -0.39 is 0 Å². The van der Waals surface area contributed by atoms with Crippen LogP contribution in [0.3, 0.4) is 0 Å². The van der Waals surface area contributed by atoms with E-state index in [0.29, 0.717) is 50.4 Å². The number of ether oxygens (including phenoxy) is 3. The molecule has 0 saturated carbocycles. The minimum absolute atomic E-state index is 0.0418. The standard InChI is InChI=1S/C24H33FN4O3/c1-4-26-24(28-20-9-10-22(30-3)23(16-20)32-5-2)27-17-21(29-11-13-31-14-12-29)18-7-6-8-19(25)15-18/h6-10,15-16,21H,4-5,11-14,17H2,1-3H3,(H2,26,27,28). The van der Waals surface area contributed by atoms with E-state index in [1.54, 1.807) is 19.2 Å². The first-order valence-electron chi connectivity index (χ1n) is 11.1. The molecule has 0 amide bonds. The molecule has 1 heterocycles. The molecular formula is C24H33FN4O3. The second-order valence-electron chi connectivity index (χ2n) is 7.36. The van der Waals surface area contributed by atoms with Gasteiger partial charge in [-0.05, 0) is 43.7 Å². The van der Waals surface area contributed by atoms with Gasteiger partial charge in [-0.3, -0.25) is 9.89 Å². The number of aliphatic imine (C=N–C) groups is 1. The second kappa shape index (κ2) is 12.3. The average Bonchev–Trinajstić information content (AvgIpc) is 2.80. The molecule has 1 aliphatic heterocycles. The maximum absolute atomic E-state index is 13.9. The van der Waals surface area contributed by atoms with E-state index >= 15 is 0 Å². The van der Waals surface area contributed by atoms with Gasteiger partial charge >= 0.3 is 0 Å². The molecule has 0 bridgehead atoms. The second-order valence-corrected chi connectivity index (χ2v) is 7.36. The molecule has 1 fully saturated rings. The summed E-state index contributed by atoms with van der Waals surface area (Å²) in [4.78, 5) is 7.12. The summed E-state index contributed by atoms with van der Waals surface area (Å²) in [5.74, 6) is 1.76. The number of hydrogen-bond donors (Lipinski definition) is 2. The van der Waals surface area contributed by atoms with Gasteiger partial charge in [-0.25, -0.2) is 4.39 Å². The Labute approximate surface area is 189 Å². The van der Waals surface area contributed by atoms with Gasteiger partial charge in [-0.15, -0.1) is 0 Å². The number of halogens is 1. The van der Waals surface area contributed by atoms with Gasteiger partial charge in [0.2, 0.25) is 0 Å². The van der Waals surface area contributed by atoms with E-state index in [2.05, 4.69) is 15.5 Å². The topological polar surface area (TPSA) is 67.4 Å². The molecule has 2 aromatic carbocycles. The molecule has 0 spiro atoms. The van der Waals surface area contributed by atoms with Crippen molar-refractivity contribution in [2.75, 3.05) is 58.4 Å². The maximum Gasteiger partial charge on any atom is 0.195 e. The van der Waals surface area contributed by atoms with Crippen LogP contribution in [-0.2, 0) is 4.74 Å². The summed E-state index contributed by atoms with van der Waals surface area (Å²) in [6, 6.07) is 12.4. The van der Waals surface area contributed by atoms with Crippen LogP contribution in [0.2, 0.25) is 0 Å². The van der Waals surface area contributed by atoms with Gasteiger partial charge in [-0.1, -0.05) is 12.1 Å². The summed E-state index contributed by atoms with van der Waals surface area (Å²) >= 11 is 0. The molecule has 0 aromatic heterocycles. The molecule has 0 aliphatic carbocycles. The molecule has 8 heteroatoms. The Hall–Kier alpha value is -2.84. The molecule has 1 atom stereocenters. The predicted molar refractivity (Wildman–Crippen MR) is 125 cm³/mol. The lowest BCUT2D eigenvalue weighted by molar-refractivity contribution is 0.0179. The highest BCUT2D eigenvalue weighted by atomic mass is 19.1. The number of rotatable bonds is 9. The zero-order valence-corrected chi connectivity index (χ0v) is 19.1. The van der Waals surface area contributed by atoms with Crippen LogP contribution in [0, 0.1) is 5.82 Å². The molecule has 2 N–H and O–H groups in total. The fraction of sp³-hybridized carbons (Fsp3) is 0.458. The fourth-order valence-corrected chi connectivity index (χ4v) is 3.68. The van der Waals surface area contributed by atoms with Gasteiger partial charge in [0.25, 0.3) is 0 Å². The zero-order chi connectivity index (χ0) is 22.8. The van der Waals surface area contributed by atoms with Gasteiger partial charge in [-0.2, -0.15) is 0 Å². The summed E-state index contributed by atoms with van der Waals surface area (Å²) in [6.07, 6.45) is 0. The first kappa shape index (κ1) is 23.8. The van der Waals surface area contributed by atoms with Crippen LogP contribution in [0.5, 0.6) is 11.5 Å². The van der Waals surface area contributed by atoms with Gasteiger partial charge in [0.1, 0.15) is 5.82 Å². The maximum atomic E-state index is 13.9. The Balaban J connectivity index is 1.81. The van der Waals surface area contributed by atoms with Crippen molar-refractivity contribution in [3.63, 3.8) is 0 Å². The smallest absolute Gasteiger partial charge is 0.195 e. The Morgan fingerprint density at radius 3 is 2.66 bits per heavy atom. The Kier molecular flexibility index (Phi) is 9.13. The minimum Gasteiger partial charge on any atom is -0.493 e. The van der Waals surface area contributed by atoms with Crippen molar-refractivity contribution in [1.82, 2.24) is 10.2 Å². The van der Waals surface area contributed by atoms with E-state index in [9.17, 15) is 4.39 Å². The molecule has 2 aromatic rings. The van der Waals surface area contributed by atoms with Crippen LogP contribution >= 0.6 is 0 Å². The summed E-state index contributed by atoms with van der Waals surface area (Å²) in [6.45, 7) is 8.60. The molecule has 1 aliphatic rings. The van der Waals surface area contributed by atoms with Crippen molar-refractivity contribution in [1.29, 1.82) is 0 Å². The molecule has 174 valence electrons. The van der Waals surface area contributed by atoms with E-state index in [4.69, 9.17) is 19.2 Å². The van der Waals surface area contributed by atoms with Crippen molar-refractivity contribution >= 4 is 11.6 Å². The Morgan fingerprint density at radius 2 is 1.97 bits per heavy atom. The normalized spacial score (nSPS) is 15.8. The lowest BCUT2D eigenvalue weighted by Crippen LogP contribution is -2.41. The SMILES string of the molecule is CCNC(=NCC(c1cccc(F)c1)N1CCOCC1)Nc1ccc(OC)c(OCC)c1. The van der Waals surface area contributed by atoms with Gasteiger partial charge in [0.15, 0.2) is 17.5 Å². The number of morpholine rings is 1. The lowest BCUT2D eigenvalue weighted by atomic mass is 10.0. The Morgan fingerprint density at radius 1 is 1.16 bits per heavy atom. The molecule has 1 saturated heterocycles. The molecule has 0 radical (unpaired) electrons. The number of anilines is 1. The molecule has 3 rings (SSSR count). The third kappa shape index (κ3) is 6.58. The van der Waals surface area contributed by atoms with Crippen molar-refractivity contribution < 1.29 is 18.6 Å². The highest BCUT2D eigenvalue weighted by Gasteiger charge is 2.23. The summed E-state index contributed by atoms with van der Waals surface area (Å²) in [5, 5.41) is 6.62. The van der Waals surface area contributed by atoms with Crippen LogP contribution in [0.4, 0.5) is 10.1 Å². The molecular weight excluding hydrogens is 411 g/mol. The van der Waals surface area contributed by atoms with Crippen LogP contribution in [0.25, 0.3) is 0 Å². The van der Waals surface area contributed by atoms with Gasteiger partial charge in [0, 0.05) is 31.4 Å². The first-order chi connectivity index (χ1) is 15.6. The van der Waals surface area contributed by atoms with E-state index in [0.717, 1.165) is 24.3 Å². The fourth-order valence-electron chi connectivity index (χ4n) is 3.68. The Bertz CT molecular complexity index is 887. The highest BCUT2D eigenvalue weighted by Crippen LogP contribution is 2.30. The average molecular weight is 445 g/mol. The van der Waals surface area contributed by atoms with Crippen LogP contribution in [0.15, 0.2) is 47.5 Å². The summed E-state index contributed by atoms with van der Waals surface area (Å²) < 4.78 is 30.5. The largest absolute Gasteiger partial charge is 0.493 e. The first-order valence-corrected chi connectivity index (χ1v) is 11.1. The molecule has 7 nitrogen and oxygen atoms in total. The van der Waals surface area contributed by atoms with Crippen LogP contribution in [0.1, 0.15) is 25.5 Å². The van der Waals surface area contributed by atoms with E-state index in [-0.39, 0.29) is 11.9 Å². The lowest BCUT2D eigenvalue weighted by Gasteiger charge is -2.34. The monoisotopic (exact) mass is 444 g/mol. The quantitative estimate of drug-likeness (QED) is 0.454. The van der Waals surface area contributed by atoms with Gasteiger partial charge < -0.3 is 24.8 Å². The number of hydrogen-bond acceptors (Lipinski definition) is 5. The predicted octanol–water partition coefficient (Wildman–Crippen LogP) is 3.68. The summed E-state index contributed by atoms with van der Waals surface area (Å²) in [5.41, 5.74) is 1.75. The zero-order valence-electron chi connectivity index (χ0n) is 19.1. The van der Waals surface area contributed by atoms with Crippen molar-refractivity contribution in [2.24, 2.45) is 4.99 Å². The number of nitrogens with zero attached hydrogens (tertiary/aromatic N) is 2. The van der Waals surface area contributed by atoms with Crippen molar-refractivity contribution in [2.45, 2.75) is 19.9 Å². The van der Waals surface area contributed by atoms with Crippen LogP contribution in [-0.4, -0.2) is 64.0 Å². The van der Waals surface area contributed by atoms with Crippen molar-refractivity contribution in [3.8, 4) is 11.5 Å². The third-order valence-corrected chi connectivity index (χ3v) is 5.21. The van der Waals surface area contributed by atoms with Gasteiger partial charge in [0.05, 0.1) is 39.5 Å². The minimum atomic E-state index is -0.239. The van der Waals surface area contributed by atoms with E-state index in [1.165, 1.54) is 6.07 Å².